The van der Waals surface area contributed by atoms with Crippen molar-refractivity contribution in [3.63, 3.8) is 0 Å². The van der Waals surface area contributed by atoms with Crippen molar-refractivity contribution in [2.45, 2.75) is 32.2 Å². The molecule has 0 spiro atoms. The lowest BCUT2D eigenvalue weighted by atomic mass is 10.1. The number of thiocyanates is 1. The molecule has 0 aromatic heterocycles. The molecule has 1 saturated heterocycles. The van der Waals surface area contributed by atoms with Crippen LogP contribution in [0.3, 0.4) is 0 Å². The number of ether oxygens (including phenoxy) is 4. The van der Waals surface area contributed by atoms with E-state index in [4.69, 9.17) is 24.2 Å². The van der Waals surface area contributed by atoms with E-state index in [0.29, 0.717) is 29.4 Å². The van der Waals surface area contributed by atoms with Crippen LogP contribution in [0.1, 0.15) is 31.9 Å². The summed E-state index contributed by atoms with van der Waals surface area (Å²) in [6.45, 7) is 3.87. The fourth-order valence-corrected chi connectivity index (χ4v) is 2.53. The second kappa shape index (κ2) is 7.57. The van der Waals surface area contributed by atoms with E-state index in [1.807, 2.05) is 5.40 Å². The van der Waals surface area contributed by atoms with E-state index in [1.165, 1.54) is 18.9 Å². The van der Waals surface area contributed by atoms with Crippen LogP contribution in [0, 0.1) is 10.7 Å². The van der Waals surface area contributed by atoms with Gasteiger partial charge in [-0.05, 0) is 35.9 Å². The number of cyclic esters (lactones) is 1. The lowest BCUT2D eigenvalue weighted by Crippen LogP contribution is -2.20. The van der Waals surface area contributed by atoms with Gasteiger partial charge in [0, 0.05) is 19.6 Å². The molecule has 0 N–H and O–H groups in total. The van der Waals surface area contributed by atoms with Gasteiger partial charge in [0.25, 0.3) is 0 Å². The van der Waals surface area contributed by atoms with Crippen molar-refractivity contribution in [2.75, 3.05) is 19.5 Å². The third-order valence-electron chi connectivity index (χ3n) is 3.17. The van der Waals surface area contributed by atoms with Crippen LogP contribution in [-0.2, 0) is 14.3 Å². The summed E-state index contributed by atoms with van der Waals surface area (Å²) in [6.07, 6.45) is -0.00460. The van der Waals surface area contributed by atoms with E-state index in [1.54, 1.807) is 32.0 Å². The maximum atomic E-state index is 11.9. The zero-order valence-corrected chi connectivity index (χ0v) is 14.1. The van der Waals surface area contributed by atoms with Crippen molar-refractivity contribution in [1.82, 2.24) is 0 Å². The molecule has 1 aromatic rings. The minimum Gasteiger partial charge on any atom is -0.493 e. The van der Waals surface area contributed by atoms with Crippen molar-refractivity contribution in [3.05, 3.63) is 23.8 Å². The number of hydrogen-bond donors (Lipinski definition) is 0. The molecule has 1 aliphatic heterocycles. The second-order valence-electron chi connectivity index (χ2n) is 5.37. The van der Waals surface area contributed by atoms with E-state index < -0.39 is 17.9 Å². The molecule has 23 heavy (non-hydrogen) atoms. The summed E-state index contributed by atoms with van der Waals surface area (Å²) >= 11 is 1.20. The van der Waals surface area contributed by atoms with Crippen molar-refractivity contribution >= 4 is 17.7 Å². The predicted molar refractivity (Wildman–Crippen MR) is 85.2 cm³/mol. The number of benzene rings is 1. The van der Waals surface area contributed by atoms with Gasteiger partial charge >= 0.3 is 5.97 Å². The predicted octanol–water partition coefficient (Wildman–Crippen LogP) is 3.03. The topological polar surface area (TPSA) is 77.8 Å². The second-order valence-corrected chi connectivity index (χ2v) is 6.25. The summed E-state index contributed by atoms with van der Waals surface area (Å²) in [5.74, 6) is 0.482. The lowest BCUT2D eigenvalue weighted by Gasteiger charge is -2.16. The Morgan fingerprint density at radius 1 is 1.39 bits per heavy atom. The minimum atomic E-state index is -0.928. The molecule has 2 rings (SSSR count). The molecule has 1 fully saturated rings. The fraction of sp³-hybridized carbons (Fsp3) is 0.500. The van der Waals surface area contributed by atoms with E-state index in [0.717, 1.165) is 6.42 Å². The molecule has 1 unspecified atom stereocenters. The summed E-state index contributed by atoms with van der Waals surface area (Å²) in [7, 11) is 1.54. The highest BCUT2D eigenvalue weighted by atomic mass is 32.2. The molecule has 0 amide bonds. The van der Waals surface area contributed by atoms with Gasteiger partial charge in [0.05, 0.1) is 13.7 Å². The smallest absolute Gasteiger partial charge is 0.342 e. The van der Waals surface area contributed by atoms with Crippen LogP contribution in [0.25, 0.3) is 0 Å². The average Bonchev–Trinajstić information content (AvgIpc) is 2.80. The van der Waals surface area contributed by atoms with Crippen LogP contribution >= 0.6 is 11.8 Å². The molecule has 0 saturated carbocycles. The number of hydrogen-bond acceptors (Lipinski definition) is 7. The van der Waals surface area contributed by atoms with Gasteiger partial charge in [-0.1, -0.05) is 6.07 Å². The van der Waals surface area contributed by atoms with Crippen molar-refractivity contribution in [2.24, 2.45) is 0 Å². The van der Waals surface area contributed by atoms with Crippen molar-refractivity contribution < 1.29 is 23.7 Å². The Morgan fingerprint density at radius 3 is 2.78 bits per heavy atom. The quantitative estimate of drug-likeness (QED) is 0.430. The van der Waals surface area contributed by atoms with Crippen LogP contribution in [-0.4, -0.2) is 31.2 Å². The van der Waals surface area contributed by atoms with Crippen LogP contribution in [0.5, 0.6) is 11.5 Å². The van der Waals surface area contributed by atoms with Gasteiger partial charge < -0.3 is 18.9 Å². The summed E-state index contributed by atoms with van der Waals surface area (Å²) in [6, 6.07) is 5.22. The first-order chi connectivity index (χ1) is 11.0. The first-order valence-electron chi connectivity index (χ1n) is 7.19. The van der Waals surface area contributed by atoms with Crippen LogP contribution < -0.4 is 9.47 Å². The summed E-state index contributed by atoms with van der Waals surface area (Å²) < 4.78 is 21.7. The van der Waals surface area contributed by atoms with Gasteiger partial charge in [-0.15, -0.1) is 0 Å². The molecule has 6 nitrogen and oxygen atoms in total. The summed E-state index contributed by atoms with van der Waals surface area (Å²) in [5.41, 5.74) is 0.657. The third-order valence-corrected chi connectivity index (χ3v) is 3.79. The average molecular weight is 337 g/mol. The normalized spacial score (nSPS) is 19.0. The molecular weight excluding hydrogens is 318 g/mol. The standard InChI is InChI=1S/C16H19NO5S/c1-16(2)21-14(15(18)22-16)11-5-6-12(13(9-11)19-3)20-7-4-8-23-10-17/h5-6,9,14H,4,7-8H2,1-3H3. The van der Waals surface area contributed by atoms with Crippen molar-refractivity contribution in [1.29, 1.82) is 5.26 Å². The monoisotopic (exact) mass is 337 g/mol. The van der Waals surface area contributed by atoms with Crippen molar-refractivity contribution in [3.8, 4) is 16.9 Å². The molecule has 7 heteroatoms. The van der Waals surface area contributed by atoms with Gasteiger partial charge in [0.1, 0.15) is 5.40 Å². The lowest BCUT2D eigenvalue weighted by molar-refractivity contribution is -0.160. The number of carbonyl (C=O) groups excluding carboxylic acids is 1. The van der Waals surface area contributed by atoms with E-state index >= 15 is 0 Å². The Labute approximate surface area is 139 Å². The van der Waals surface area contributed by atoms with E-state index in [2.05, 4.69) is 0 Å². The molecule has 1 aromatic carbocycles. The Morgan fingerprint density at radius 2 is 2.17 bits per heavy atom. The zero-order chi connectivity index (χ0) is 16.9. The molecule has 0 aliphatic carbocycles. The SMILES string of the molecule is COc1cc(C2OC(C)(C)OC2=O)ccc1OCCCSC#N. The Bertz CT molecular complexity index is 611. The molecular formula is C16H19NO5S. The van der Waals surface area contributed by atoms with Gasteiger partial charge in [0.2, 0.25) is 5.79 Å². The summed E-state index contributed by atoms with van der Waals surface area (Å²) in [5, 5.41) is 10.5. The van der Waals surface area contributed by atoms with Crippen LogP contribution in [0.15, 0.2) is 18.2 Å². The van der Waals surface area contributed by atoms with Crippen LogP contribution in [0.2, 0.25) is 0 Å². The molecule has 1 atom stereocenters. The highest BCUT2D eigenvalue weighted by Gasteiger charge is 2.42. The molecule has 124 valence electrons. The van der Waals surface area contributed by atoms with E-state index in [-0.39, 0.29) is 0 Å². The number of esters is 1. The highest BCUT2D eigenvalue weighted by molar-refractivity contribution is 8.03. The number of carbonyl (C=O) groups is 1. The largest absolute Gasteiger partial charge is 0.493 e. The number of methoxy groups -OCH3 is 1. The number of nitriles is 1. The van der Waals surface area contributed by atoms with Gasteiger partial charge in [-0.2, -0.15) is 5.26 Å². The minimum absolute atomic E-state index is 0.417. The molecule has 1 heterocycles. The number of thioether (sulfide) groups is 1. The van der Waals surface area contributed by atoms with Gasteiger partial charge in [0.15, 0.2) is 17.6 Å². The summed E-state index contributed by atoms with van der Waals surface area (Å²) in [4.78, 5) is 11.9. The Kier molecular flexibility index (Phi) is 5.74. The third kappa shape index (κ3) is 4.53. The number of rotatable bonds is 7. The van der Waals surface area contributed by atoms with E-state index in [9.17, 15) is 4.79 Å². The first-order valence-corrected chi connectivity index (χ1v) is 8.17. The fourth-order valence-electron chi connectivity index (χ4n) is 2.18. The molecule has 0 radical (unpaired) electrons. The molecule has 0 bridgehead atoms. The zero-order valence-electron chi connectivity index (χ0n) is 13.3. The first kappa shape index (κ1) is 17.4. The maximum absolute atomic E-state index is 11.9. The maximum Gasteiger partial charge on any atom is 0.342 e. The number of nitrogens with zero attached hydrogens (tertiary/aromatic N) is 1. The van der Waals surface area contributed by atoms with Gasteiger partial charge in [-0.3, -0.25) is 0 Å². The van der Waals surface area contributed by atoms with Crippen LogP contribution in [0.4, 0.5) is 0 Å². The van der Waals surface area contributed by atoms with Gasteiger partial charge in [-0.25, -0.2) is 4.79 Å². The highest BCUT2D eigenvalue weighted by Crippen LogP contribution is 2.37. The molecule has 1 aliphatic rings. The Hall–Kier alpha value is -1.91. The Balaban J connectivity index is 2.05.